The Hall–Kier alpha value is -2.11. The van der Waals surface area contributed by atoms with Crippen LogP contribution in [0.2, 0.25) is 0 Å². The van der Waals surface area contributed by atoms with Crippen molar-refractivity contribution in [3.63, 3.8) is 0 Å². The van der Waals surface area contributed by atoms with Gasteiger partial charge < -0.3 is 15.7 Å². The van der Waals surface area contributed by atoms with Crippen molar-refractivity contribution in [2.75, 3.05) is 0 Å². The summed E-state index contributed by atoms with van der Waals surface area (Å²) in [4.78, 5) is 26.6. The third-order valence-corrected chi connectivity index (χ3v) is 2.82. The van der Waals surface area contributed by atoms with Crippen LogP contribution in [0.4, 0.5) is 4.79 Å². The van der Waals surface area contributed by atoms with Gasteiger partial charge >= 0.3 is 12.0 Å². The molecule has 110 valence electrons. The molecule has 0 fully saturated rings. The van der Waals surface area contributed by atoms with Gasteiger partial charge in [-0.3, -0.25) is 4.98 Å². The second-order valence-electron chi connectivity index (χ2n) is 5.28. The average molecular weight is 279 g/mol. The third-order valence-electron chi connectivity index (χ3n) is 2.82. The van der Waals surface area contributed by atoms with E-state index in [2.05, 4.69) is 22.5 Å². The van der Waals surface area contributed by atoms with Crippen LogP contribution in [0.5, 0.6) is 0 Å². The van der Waals surface area contributed by atoms with Crippen molar-refractivity contribution in [2.24, 2.45) is 0 Å². The van der Waals surface area contributed by atoms with E-state index < -0.39 is 5.97 Å². The molecular weight excluding hydrogens is 258 g/mol. The van der Waals surface area contributed by atoms with E-state index in [0.717, 1.165) is 12.8 Å². The van der Waals surface area contributed by atoms with Crippen LogP contribution in [0.3, 0.4) is 0 Å². The first-order valence-electron chi connectivity index (χ1n) is 6.58. The molecule has 0 unspecified atom stereocenters. The van der Waals surface area contributed by atoms with Crippen LogP contribution in [-0.4, -0.2) is 27.6 Å². The van der Waals surface area contributed by atoms with Gasteiger partial charge in [0.2, 0.25) is 0 Å². The molecule has 0 aliphatic carbocycles. The molecule has 1 rings (SSSR count). The highest BCUT2D eigenvalue weighted by atomic mass is 16.4. The van der Waals surface area contributed by atoms with Crippen LogP contribution in [-0.2, 0) is 6.54 Å². The Kier molecular flexibility index (Phi) is 5.49. The lowest BCUT2D eigenvalue weighted by molar-refractivity contribution is 0.0696. The molecule has 0 aliphatic rings. The predicted molar refractivity (Wildman–Crippen MR) is 75.6 cm³/mol. The van der Waals surface area contributed by atoms with Crippen molar-refractivity contribution in [3.05, 3.63) is 29.6 Å². The van der Waals surface area contributed by atoms with Gasteiger partial charge in [0.05, 0.1) is 17.8 Å². The fraction of sp³-hybridized carbons (Fsp3) is 0.500. The van der Waals surface area contributed by atoms with E-state index in [1.165, 1.54) is 18.3 Å². The van der Waals surface area contributed by atoms with E-state index in [9.17, 15) is 9.59 Å². The molecule has 0 radical (unpaired) electrons. The molecule has 1 aromatic heterocycles. The molecule has 6 heteroatoms. The number of amides is 2. The number of carbonyl (C=O) groups is 2. The Balaban J connectivity index is 2.53. The summed E-state index contributed by atoms with van der Waals surface area (Å²) in [7, 11) is 0. The quantitative estimate of drug-likeness (QED) is 0.744. The van der Waals surface area contributed by atoms with E-state index >= 15 is 0 Å². The molecule has 1 heterocycles. The topological polar surface area (TPSA) is 91.3 Å². The van der Waals surface area contributed by atoms with Crippen LogP contribution in [0, 0.1) is 0 Å². The Morgan fingerprint density at radius 3 is 2.70 bits per heavy atom. The van der Waals surface area contributed by atoms with Crippen LogP contribution in [0.25, 0.3) is 0 Å². The average Bonchev–Trinajstić information content (AvgIpc) is 2.36. The van der Waals surface area contributed by atoms with Gasteiger partial charge in [-0.15, -0.1) is 0 Å². The first-order valence-corrected chi connectivity index (χ1v) is 6.58. The predicted octanol–water partition coefficient (Wildman–Crippen LogP) is 2.16. The second kappa shape index (κ2) is 6.88. The van der Waals surface area contributed by atoms with Gasteiger partial charge in [-0.05, 0) is 32.4 Å². The Labute approximate surface area is 118 Å². The maximum Gasteiger partial charge on any atom is 0.335 e. The molecule has 0 saturated heterocycles. The molecule has 6 nitrogen and oxygen atoms in total. The van der Waals surface area contributed by atoms with Gasteiger partial charge in [-0.1, -0.05) is 13.3 Å². The van der Waals surface area contributed by atoms with Crippen LogP contribution in [0.15, 0.2) is 18.3 Å². The standard InChI is InChI=1S/C14H21N3O3/c1-4-6-14(2,3)17-13(20)16-9-11-8-10(12(18)19)5-7-15-11/h5,7-8H,4,6,9H2,1-3H3,(H,18,19)(H2,16,17,20). The number of aromatic carboxylic acids is 1. The first kappa shape index (κ1) is 15.9. The van der Waals surface area contributed by atoms with Crippen LogP contribution < -0.4 is 10.6 Å². The zero-order valence-corrected chi connectivity index (χ0v) is 12.1. The summed E-state index contributed by atoms with van der Waals surface area (Å²) in [6, 6.07) is 2.57. The van der Waals surface area contributed by atoms with Crippen molar-refractivity contribution >= 4 is 12.0 Å². The number of nitrogens with one attached hydrogen (secondary N) is 2. The Morgan fingerprint density at radius 2 is 2.10 bits per heavy atom. The van der Waals surface area contributed by atoms with E-state index in [0.29, 0.717) is 5.69 Å². The molecule has 3 N–H and O–H groups in total. The molecule has 0 saturated carbocycles. The maximum atomic E-state index is 11.8. The smallest absolute Gasteiger partial charge is 0.335 e. The highest BCUT2D eigenvalue weighted by Gasteiger charge is 2.18. The number of carboxylic acid groups (broad SMARTS) is 1. The minimum Gasteiger partial charge on any atom is -0.478 e. The van der Waals surface area contributed by atoms with Crippen LogP contribution >= 0.6 is 0 Å². The zero-order valence-electron chi connectivity index (χ0n) is 12.1. The number of aromatic nitrogens is 1. The van der Waals surface area contributed by atoms with Gasteiger partial charge in [-0.25, -0.2) is 9.59 Å². The van der Waals surface area contributed by atoms with Crippen molar-refractivity contribution in [1.29, 1.82) is 0 Å². The SMILES string of the molecule is CCCC(C)(C)NC(=O)NCc1cc(C(=O)O)ccn1. The zero-order chi connectivity index (χ0) is 15.2. The molecule has 0 bridgehead atoms. The van der Waals surface area contributed by atoms with Gasteiger partial charge in [0.25, 0.3) is 0 Å². The number of hydrogen-bond donors (Lipinski definition) is 3. The number of nitrogens with zero attached hydrogens (tertiary/aromatic N) is 1. The van der Waals surface area contributed by atoms with Crippen LogP contribution in [0.1, 0.15) is 49.7 Å². The van der Waals surface area contributed by atoms with Crippen molar-refractivity contribution < 1.29 is 14.7 Å². The summed E-state index contributed by atoms with van der Waals surface area (Å²) in [5.41, 5.74) is 0.395. The molecule has 0 aromatic carbocycles. The first-order chi connectivity index (χ1) is 9.34. The van der Waals surface area contributed by atoms with Gasteiger partial charge in [-0.2, -0.15) is 0 Å². The van der Waals surface area contributed by atoms with E-state index in [-0.39, 0.29) is 23.7 Å². The van der Waals surface area contributed by atoms with Gasteiger partial charge in [0.15, 0.2) is 0 Å². The second-order valence-corrected chi connectivity index (χ2v) is 5.28. The molecule has 0 atom stereocenters. The summed E-state index contributed by atoms with van der Waals surface area (Å²) in [5, 5.41) is 14.4. The summed E-state index contributed by atoms with van der Waals surface area (Å²) in [6.07, 6.45) is 3.28. The highest BCUT2D eigenvalue weighted by Crippen LogP contribution is 2.10. The lowest BCUT2D eigenvalue weighted by Gasteiger charge is -2.25. The fourth-order valence-corrected chi connectivity index (χ4v) is 1.92. The highest BCUT2D eigenvalue weighted by molar-refractivity contribution is 5.87. The summed E-state index contributed by atoms with van der Waals surface area (Å²) >= 11 is 0. The lowest BCUT2D eigenvalue weighted by atomic mass is 9.99. The number of urea groups is 1. The lowest BCUT2D eigenvalue weighted by Crippen LogP contribution is -2.48. The molecule has 0 spiro atoms. The summed E-state index contributed by atoms with van der Waals surface area (Å²) in [5.74, 6) is -1.01. The fourth-order valence-electron chi connectivity index (χ4n) is 1.92. The summed E-state index contributed by atoms with van der Waals surface area (Å²) < 4.78 is 0. The molecule has 0 aliphatic heterocycles. The van der Waals surface area contributed by atoms with E-state index in [4.69, 9.17) is 5.11 Å². The minimum atomic E-state index is -1.01. The normalized spacial score (nSPS) is 10.9. The molecule has 1 aromatic rings. The van der Waals surface area contributed by atoms with E-state index in [1.54, 1.807) is 0 Å². The van der Waals surface area contributed by atoms with Gasteiger partial charge in [0.1, 0.15) is 0 Å². The molecular formula is C14H21N3O3. The largest absolute Gasteiger partial charge is 0.478 e. The summed E-state index contributed by atoms with van der Waals surface area (Å²) in [6.45, 7) is 6.16. The number of rotatable bonds is 6. The van der Waals surface area contributed by atoms with Crippen molar-refractivity contribution in [1.82, 2.24) is 15.6 Å². The molecule has 20 heavy (non-hydrogen) atoms. The monoisotopic (exact) mass is 279 g/mol. The Morgan fingerprint density at radius 1 is 1.40 bits per heavy atom. The van der Waals surface area contributed by atoms with Crippen molar-refractivity contribution in [3.8, 4) is 0 Å². The van der Waals surface area contributed by atoms with Crippen molar-refractivity contribution in [2.45, 2.75) is 45.7 Å². The van der Waals surface area contributed by atoms with E-state index in [1.807, 2.05) is 13.8 Å². The molecule has 2 amide bonds. The van der Waals surface area contributed by atoms with Gasteiger partial charge in [0, 0.05) is 11.7 Å². The third kappa shape index (κ3) is 5.26. The Bertz CT molecular complexity index is 486. The number of carboxylic acids is 1. The minimum absolute atomic E-state index is 0.156. The number of carbonyl (C=O) groups excluding carboxylic acids is 1. The number of hydrogen-bond acceptors (Lipinski definition) is 3. The maximum absolute atomic E-state index is 11.8. The number of pyridine rings is 1.